The molecule has 5 N–H and O–H groups in total. The summed E-state index contributed by atoms with van der Waals surface area (Å²) in [7, 11) is 1.64. The van der Waals surface area contributed by atoms with Crippen molar-refractivity contribution in [3.8, 4) is 17.2 Å². The summed E-state index contributed by atoms with van der Waals surface area (Å²) in [5, 5.41) is 14.8. The predicted molar refractivity (Wildman–Crippen MR) is 169 cm³/mol. The number of carbonyl (C=O) groups excluding carboxylic acids is 1. The lowest BCUT2D eigenvalue weighted by atomic mass is 10.0. The monoisotopic (exact) mass is 589 g/mol. The molecule has 0 saturated carbocycles. The highest BCUT2D eigenvalue weighted by Gasteiger charge is 2.30. The Morgan fingerprint density at radius 3 is 2.68 bits per heavy atom. The number of nitrogens with one attached hydrogen (secondary N) is 3. The summed E-state index contributed by atoms with van der Waals surface area (Å²) in [6.07, 6.45) is 5.95. The highest BCUT2D eigenvalue weighted by Crippen LogP contribution is 2.34. The second kappa shape index (κ2) is 10.9. The van der Waals surface area contributed by atoms with Crippen molar-refractivity contribution in [3.05, 3.63) is 101 Å². The van der Waals surface area contributed by atoms with Crippen molar-refractivity contribution in [3.63, 3.8) is 0 Å². The molecule has 1 aliphatic rings. The number of nitrogens with two attached hydrogens (primary N) is 1. The van der Waals surface area contributed by atoms with Gasteiger partial charge in [0.25, 0.3) is 0 Å². The molecule has 0 fully saturated rings. The number of nitrogens with zero attached hydrogens (tertiary/aromatic N) is 3. The minimum absolute atomic E-state index is 0.269. The number of fused-ring (bicyclic) bond motifs is 4. The average Bonchev–Trinajstić information content (AvgIpc) is 3.72. The Hall–Kier alpha value is -5.09. The minimum Gasteiger partial charge on any atom is -0.497 e. The summed E-state index contributed by atoms with van der Waals surface area (Å²) < 4.78 is 14.2. The Morgan fingerprint density at radius 2 is 1.84 bits per heavy atom. The summed E-state index contributed by atoms with van der Waals surface area (Å²) in [4.78, 5) is 20.1. The van der Waals surface area contributed by atoms with Crippen LogP contribution in [0.1, 0.15) is 48.2 Å². The van der Waals surface area contributed by atoms with E-state index < -0.39 is 11.6 Å². The largest absolute Gasteiger partial charge is 0.497 e. The van der Waals surface area contributed by atoms with Gasteiger partial charge in [-0.25, -0.2) is 0 Å². The van der Waals surface area contributed by atoms with E-state index in [0.717, 1.165) is 50.9 Å². The lowest BCUT2D eigenvalue weighted by Gasteiger charge is -2.25. The van der Waals surface area contributed by atoms with E-state index in [0.29, 0.717) is 36.7 Å². The lowest BCUT2D eigenvalue weighted by Crippen LogP contribution is -2.50. The van der Waals surface area contributed by atoms with Crippen molar-refractivity contribution in [2.24, 2.45) is 5.73 Å². The summed E-state index contributed by atoms with van der Waals surface area (Å²) in [6.45, 7) is 3.84. The number of carbonyl (C=O) groups is 1. The van der Waals surface area contributed by atoms with Crippen molar-refractivity contribution in [2.75, 3.05) is 7.11 Å². The highest BCUT2D eigenvalue weighted by atomic mass is 16.5. The minimum atomic E-state index is -1.08. The van der Waals surface area contributed by atoms with Crippen LogP contribution in [0.5, 0.6) is 17.2 Å². The van der Waals surface area contributed by atoms with E-state index in [1.165, 1.54) is 5.56 Å². The number of hydrogen-bond acceptors (Lipinski definition) is 6. The van der Waals surface area contributed by atoms with Gasteiger partial charge < -0.3 is 35.1 Å². The van der Waals surface area contributed by atoms with Crippen molar-refractivity contribution in [2.45, 2.75) is 51.2 Å². The van der Waals surface area contributed by atoms with Gasteiger partial charge >= 0.3 is 0 Å². The fourth-order valence-electron chi connectivity index (χ4n) is 5.89. The first-order valence-corrected chi connectivity index (χ1v) is 14.8. The van der Waals surface area contributed by atoms with Crippen molar-refractivity contribution in [1.82, 2.24) is 30.0 Å². The maximum atomic E-state index is 13.3. The standard InChI is InChI=1S/C34H35N7O3/c1-34(2,35)33(42)38-29(14-22-18-37-27-7-5-4-6-25(22)27)32-40-39-31-13-9-20-17-36-28-12-11-24(15-26(20)28)44-30-16-23(43-3)10-8-21(30)19-41(31)32/h4-8,10-12,15-18,29,36-37H,9,13-14,19,35H2,1-3H3,(H,38,42)/t29-/m1/s1. The number of methoxy groups -OCH3 is 1. The molecule has 0 unspecified atom stereocenters. The van der Waals surface area contributed by atoms with Crippen LogP contribution in [-0.2, 0) is 30.6 Å². The van der Waals surface area contributed by atoms with E-state index in [1.807, 2.05) is 60.9 Å². The van der Waals surface area contributed by atoms with Gasteiger partial charge in [0.15, 0.2) is 5.82 Å². The third-order valence-electron chi connectivity index (χ3n) is 8.34. The molecule has 1 atom stereocenters. The summed E-state index contributed by atoms with van der Waals surface area (Å²) in [5.41, 5.74) is 10.4. The van der Waals surface area contributed by atoms with Crippen LogP contribution in [0.2, 0.25) is 0 Å². The smallest absolute Gasteiger partial charge is 0.240 e. The molecule has 0 aliphatic carbocycles. The molecule has 44 heavy (non-hydrogen) atoms. The molecule has 0 spiro atoms. The van der Waals surface area contributed by atoms with Crippen LogP contribution in [0, 0.1) is 0 Å². The van der Waals surface area contributed by atoms with Crippen molar-refractivity contribution < 1.29 is 14.3 Å². The van der Waals surface area contributed by atoms with Gasteiger partial charge in [-0.15, -0.1) is 10.2 Å². The maximum Gasteiger partial charge on any atom is 0.240 e. The number of aromatic nitrogens is 5. The van der Waals surface area contributed by atoms with Crippen LogP contribution in [-0.4, -0.2) is 43.3 Å². The summed E-state index contributed by atoms with van der Waals surface area (Å²) >= 11 is 0. The zero-order valence-corrected chi connectivity index (χ0v) is 25.0. The molecule has 6 aromatic rings. The summed E-state index contributed by atoms with van der Waals surface area (Å²) in [5.74, 6) is 3.31. The van der Waals surface area contributed by atoms with Crippen LogP contribution in [0.4, 0.5) is 0 Å². The number of ether oxygens (including phenoxy) is 2. The number of hydrogen-bond donors (Lipinski definition) is 4. The zero-order valence-electron chi connectivity index (χ0n) is 25.0. The molecule has 3 aromatic carbocycles. The van der Waals surface area contributed by atoms with Gasteiger partial charge in [-0.1, -0.05) is 18.2 Å². The number of aromatic amines is 2. The predicted octanol–water partition coefficient (Wildman–Crippen LogP) is 5.33. The molecule has 2 bridgehead atoms. The van der Waals surface area contributed by atoms with Crippen LogP contribution in [0.15, 0.2) is 73.1 Å². The zero-order chi connectivity index (χ0) is 30.4. The number of para-hydroxylation sites is 1. The maximum absolute atomic E-state index is 13.3. The van der Waals surface area contributed by atoms with Gasteiger partial charge in [0.05, 0.1) is 25.2 Å². The second-order valence-electron chi connectivity index (χ2n) is 12.0. The van der Waals surface area contributed by atoms with E-state index >= 15 is 0 Å². The van der Waals surface area contributed by atoms with E-state index in [2.05, 4.69) is 32.0 Å². The fourth-order valence-corrected chi connectivity index (χ4v) is 5.89. The van der Waals surface area contributed by atoms with Gasteiger partial charge in [-0.05, 0) is 67.8 Å². The molecule has 0 saturated heterocycles. The normalized spacial score (nSPS) is 13.9. The van der Waals surface area contributed by atoms with Crippen molar-refractivity contribution >= 4 is 27.7 Å². The Morgan fingerprint density at radius 1 is 1.02 bits per heavy atom. The SMILES string of the molecule is COc1ccc2c(c1)Oc1ccc3[nH]cc(c3c1)CCc1nnc([C@@H](Cc3c[nH]c4ccccc34)NC(=O)C(C)(C)N)n1C2. The first-order chi connectivity index (χ1) is 21.3. The van der Waals surface area contributed by atoms with Gasteiger partial charge in [0, 0.05) is 58.7 Å². The Bertz CT molecular complexity index is 2000. The number of benzene rings is 3. The van der Waals surface area contributed by atoms with E-state index in [9.17, 15) is 4.79 Å². The fraction of sp³-hybridized carbons (Fsp3) is 0.265. The van der Waals surface area contributed by atoms with Gasteiger partial charge in [0.1, 0.15) is 23.1 Å². The molecule has 1 aliphatic heterocycles. The average molecular weight is 590 g/mol. The molecule has 3 aromatic heterocycles. The van der Waals surface area contributed by atoms with Crippen LogP contribution >= 0.6 is 0 Å². The number of rotatable bonds is 6. The molecule has 224 valence electrons. The molecule has 7 rings (SSSR count). The van der Waals surface area contributed by atoms with Crippen LogP contribution in [0.3, 0.4) is 0 Å². The lowest BCUT2D eigenvalue weighted by molar-refractivity contribution is -0.126. The molecule has 4 heterocycles. The first kappa shape index (κ1) is 27.7. The Balaban J connectivity index is 1.35. The van der Waals surface area contributed by atoms with E-state index in [-0.39, 0.29) is 5.91 Å². The summed E-state index contributed by atoms with van der Waals surface area (Å²) in [6, 6.07) is 19.5. The Kier molecular flexibility index (Phi) is 6.85. The molecular weight excluding hydrogens is 554 g/mol. The van der Waals surface area contributed by atoms with Gasteiger partial charge in [0.2, 0.25) is 5.91 Å². The topological polar surface area (TPSA) is 136 Å². The molecular formula is C34H35N7O3. The number of H-pyrrole nitrogens is 2. The van der Waals surface area contributed by atoms with Crippen LogP contribution in [0.25, 0.3) is 21.8 Å². The first-order valence-electron chi connectivity index (χ1n) is 14.8. The van der Waals surface area contributed by atoms with Gasteiger partial charge in [-0.2, -0.15) is 0 Å². The van der Waals surface area contributed by atoms with E-state index in [4.69, 9.17) is 25.4 Å². The molecule has 10 nitrogen and oxygen atoms in total. The molecule has 1 amide bonds. The van der Waals surface area contributed by atoms with Crippen LogP contribution < -0.4 is 20.5 Å². The highest BCUT2D eigenvalue weighted by molar-refractivity contribution is 5.86. The molecule has 0 radical (unpaired) electrons. The van der Waals surface area contributed by atoms with Crippen molar-refractivity contribution in [1.29, 1.82) is 0 Å². The van der Waals surface area contributed by atoms with Gasteiger partial charge in [-0.3, -0.25) is 4.79 Å². The number of aryl methyl sites for hydroxylation is 2. The quantitative estimate of drug-likeness (QED) is 0.208. The number of amides is 1. The molecule has 10 heteroatoms. The third-order valence-corrected chi connectivity index (χ3v) is 8.34. The third kappa shape index (κ3) is 5.17. The van der Waals surface area contributed by atoms with E-state index in [1.54, 1.807) is 21.0 Å². The Labute approximate surface area is 254 Å². The second-order valence-corrected chi connectivity index (χ2v) is 12.0.